The van der Waals surface area contributed by atoms with Crippen LogP contribution in [-0.2, 0) is 0 Å². The number of rotatable bonds is 4. The van der Waals surface area contributed by atoms with Gasteiger partial charge in [0.2, 0.25) is 0 Å². The predicted molar refractivity (Wildman–Crippen MR) is 113 cm³/mol. The number of carbonyl (C=O) groups is 2. The lowest BCUT2D eigenvalue weighted by Crippen LogP contribution is -2.43. The van der Waals surface area contributed by atoms with Crippen molar-refractivity contribution < 1.29 is 18.7 Å². The third-order valence-electron chi connectivity index (χ3n) is 4.59. The van der Waals surface area contributed by atoms with Crippen molar-refractivity contribution >= 4 is 33.6 Å². The second-order valence-corrected chi connectivity index (χ2v) is 6.52. The number of ether oxygens (including phenoxy) is 1. The highest BCUT2D eigenvalue weighted by molar-refractivity contribution is 6.08. The van der Waals surface area contributed by atoms with Crippen LogP contribution < -0.4 is 21.2 Å². The zero-order valence-electron chi connectivity index (χ0n) is 16.1. The first-order valence-electron chi connectivity index (χ1n) is 9.36. The molecule has 0 unspecified atom stereocenters. The Morgan fingerprint density at radius 1 is 0.867 bits per heavy atom. The fourth-order valence-corrected chi connectivity index (χ4v) is 3.18. The molecule has 1 aromatic heterocycles. The lowest BCUT2D eigenvalue weighted by atomic mass is 10.0. The Labute approximate surface area is 171 Å². The molecule has 1 heterocycles. The van der Waals surface area contributed by atoms with E-state index >= 15 is 0 Å². The summed E-state index contributed by atoms with van der Waals surface area (Å²) in [4.78, 5) is 37.3. The Kier molecular flexibility index (Phi) is 5.17. The van der Waals surface area contributed by atoms with Crippen LogP contribution in [0.2, 0.25) is 0 Å². The number of carbonyl (C=O) groups excluding carboxylic acids is 2. The van der Waals surface area contributed by atoms with Crippen LogP contribution in [0.1, 0.15) is 27.6 Å². The largest absolute Gasteiger partial charge is 0.494 e. The summed E-state index contributed by atoms with van der Waals surface area (Å²) in [5.41, 5.74) is 4.31. The summed E-state index contributed by atoms with van der Waals surface area (Å²) in [6.45, 7) is 2.33. The van der Waals surface area contributed by atoms with Gasteiger partial charge in [-0.2, -0.15) is 0 Å². The highest BCUT2D eigenvalue weighted by atomic mass is 16.5. The Hall–Kier alpha value is -4.13. The molecule has 4 rings (SSSR count). The van der Waals surface area contributed by atoms with Crippen molar-refractivity contribution in [3.05, 3.63) is 88.3 Å². The molecular weight excluding hydrogens is 384 g/mol. The Morgan fingerprint density at radius 3 is 2.40 bits per heavy atom. The van der Waals surface area contributed by atoms with Crippen LogP contribution in [0.4, 0.5) is 0 Å². The van der Waals surface area contributed by atoms with E-state index in [9.17, 15) is 14.4 Å². The van der Waals surface area contributed by atoms with Gasteiger partial charge in [0.1, 0.15) is 16.9 Å². The molecule has 7 nitrogen and oxygen atoms in total. The Balaban J connectivity index is 1.54. The van der Waals surface area contributed by atoms with E-state index in [0.29, 0.717) is 28.9 Å². The molecule has 0 aliphatic carbocycles. The van der Waals surface area contributed by atoms with E-state index in [2.05, 4.69) is 10.9 Å². The molecule has 0 bridgehead atoms. The van der Waals surface area contributed by atoms with Crippen molar-refractivity contribution in [3.8, 4) is 5.75 Å². The van der Waals surface area contributed by atoms with Crippen LogP contribution >= 0.6 is 0 Å². The summed E-state index contributed by atoms with van der Waals surface area (Å²) >= 11 is 0. The fraction of sp³-hybridized carbons (Fsp3) is 0.0870. The zero-order valence-corrected chi connectivity index (χ0v) is 16.1. The van der Waals surface area contributed by atoms with Crippen molar-refractivity contribution in [1.29, 1.82) is 0 Å². The first-order valence-corrected chi connectivity index (χ1v) is 9.36. The van der Waals surface area contributed by atoms with E-state index in [1.807, 2.05) is 37.3 Å². The minimum Gasteiger partial charge on any atom is -0.494 e. The van der Waals surface area contributed by atoms with Crippen LogP contribution in [0, 0.1) is 0 Å². The van der Waals surface area contributed by atoms with Gasteiger partial charge in [-0.25, -0.2) is 4.79 Å². The van der Waals surface area contributed by atoms with Gasteiger partial charge in [-0.3, -0.25) is 20.4 Å². The molecule has 0 spiro atoms. The van der Waals surface area contributed by atoms with E-state index in [4.69, 9.17) is 9.15 Å². The highest BCUT2D eigenvalue weighted by Gasteiger charge is 2.16. The number of nitrogens with one attached hydrogen (secondary N) is 2. The van der Waals surface area contributed by atoms with Crippen molar-refractivity contribution in [2.24, 2.45) is 0 Å². The van der Waals surface area contributed by atoms with E-state index in [1.165, 1.54) is 6.07 Å². The van der Waals surface area contributed by atoms with Gasteiger partial charge in [0.25, 0.3) is 11.8 Å². The topological polar surface area (TPSA) is 97.6 Å². The minimum absolute atomic E-state index is 0.218. The number of fused-ring (bicyclic) bond motifs is 2. The SMILES string of the molecule is CCOc1ccc2cc(C(=O)NNC(=O)c3cccc4ccccc34)c(=O)oc2c1. The monoisotopic (exact) mass is 402 g/mol. The second kappa shape index (κ2) is 8.08. The standard InChI is InChI=1S/C23H18N2O5/c1-2-29-16-11-10-15-12-19(23(28)30-20(15)13-16)22(27)25-24-21(26)18-9-5-7-14-6-3-4-8-17(14)18/h3-13H,2H2,1H3,(H,24,26)(H,25,27). The summed E-state index contributed by atoms with van der Waals surface area (Å²) < 4.78 is 10.6. The summed E-state index contributed by atoms with van der Waals surface area (Å²) in [5.74, 6) is -0.701. The molecule has 30 heavy (non-hydrogen) atoms. The molecule has 0 atom stereocenters. The third kappa shape index (κ3) is 3.73. The van der Waals surface area contributed by atoms with Gasteiger partial charge in [0, 0.05) is 17.0 Å². The van der Waals surface area contributed by atoms with E-state index in [-0.39, 0.29) is 5.56 Å². The lowest BCUT2D eigenvalue weighted by molar-refractivity contribution is 0.0845. The van der Waals surface area contributed by atoms with Gasteiger partial charge in [-0.15, -0.1) is 0 Å². The second-order valence-electron chi connectivity index (χ2n) is 6.52. The van der Waals surface area contributed by atoms with Gasteiger partial charge >= 0.3 is 5.63 Å². The molecular formula is C23H18N2O5. The van der Waals surface area contributed by atoms with Crippen molar-refractivity contribution in [3.63, 3.8) is 0 Å². The van der Waals surface area contributed by atoms with Crippen molar-refractivity contribution in [2.45, 2.75) is 6.92 Å². The molecule has 0 saturated heterocycles. The van der Waals surface area contributed by atoms with Gasteiger partial charge in [-0.1, -0.05) is 36.4 Å². The Morgan fingerprint density at radius 2 is 1.60 bits per heavy atom. The summed E-state index contributed by atoms with van der Waals surface area (Å²) in [5, 5.41) is 2.21. The first-order chi connectivity index (χ1) is 14.6. The lowest BCUT2D eigenvalue weighted by Gasteiger charge is -2.09. The zero-order chi connectivity index (χ0) is 21.1. The van der Waals surface area contributed by atoms with Crippen molar-refractivity contribution in [1.82, 2.24) is 10.9 Å². The molecule has 0 aliphatic rings. The third-order valence-corrected chi connectivity index (χ3v) is 4.59. The molecule has 2 amide bonds. The molecule has 0 fully saturated rings. The number of amides is 2. The quantitative estimate of drug-likeness (QED) is 0.403. The molecule has 150 valence electrons. The molecule has 0 radical (unpaired) electrons. The maximum atomic E-state index is 12.5. The Bertz CT molecular complexity index is 1320. The van der Waals surface area contributed by atoms with Gasteiger partial charge < -0.3 is 9.15 Å². The molecule has 7 heteroatoms. The summed E-state index contributed by atoms with van der Waals surface area (Å²) in [6, 6.07) is 19.1. The minimum atomic E-state index is -0.812. The van der Waals surface area contributed by atoms with Crippen LogP contribution in [0.5, 0.6) is 5.75 Å². The molecule has 2 N–H and O–H groups in total. The smallest absolute Gasteiger partial charge is 0.349 e. The molecule has 0 aliphatic heterocycles. The molecule has 3 aromatic carbocycles. The number of hydrogen-bond donors (Lipinski definition) is 2. The maximum absolute atomic E-state index is 12.5. The van der Waals surface area contributed by atoms with Gasteiger partial charge in [0.15, 0.2) is 0 Å². The van der Waals surface area contributed by atoms with Crippen LogP contribution in [-0.4, -0.2) is 18.4 Å². The summed E-state index contributed by atoms with van der Waals surface area (Å²) in [6.07, 6.45) is 0. The maximum Gasteiger partial charge on any atom is 0.349 e. The normalized spacial score (nSPS) is 10.7. The van der Waals surface area contributed by atoms with Crippen LogP contribution in [0.15, 0.2) is 75.9 Å². The highest BCUT2D eigenvalue weighted by Crippen LogP contribution is 2.21. The van der Waals surface area contributed by atoms with Gasteiger partial charge in [0.05, 0.1) is 6.61 Å². The fourth-order valence-electron chi connectivity index (χ4n) is 3.18. The number of hydrazine groups is 1. The molecule has 4 aromatic rings. The summed E-state index contributed by atoms with van der Waals surface area (Å²) in [7, 11) is 0. The van der Waals surface area contributed by atoms with E-state index < -0.39 is 17.4 Å². The average Bonchev–Trinajstić information content (AvgIpc) is 2.76. The predicted octanol–water partition coefficient (Wildman–Crippen LogP) is 3.42. The van der Waals surface area contributed by atoms with Crippen molar-refractivity contribution in [2.75, 3.05) is 6.61 Å². The first kappa shape index (κ1) is 19.2. The molecule has 0 saturated carbocycles. The van der Waals surface area contributed by atoms with Crippen LogP contribution in [0.25, 0.3) is 21.7 Å². The van der Waals surface area contributed by atoms with Gasteiger partial charge in [-0.05, 0) is 42.0 Å². The van der Waals surface area contributed by atoms with E-state index in [1.54, 1.807) is 30.3 Å². The number of benzene rings is 3. The average molecular weight is 402 g/mol. The van der Waals surface area contributed by atoms with E-state index in [0.717, 1.165) is 10.8 Å². The van der Waals surface area contributed by atoms with Crippen LogP contribution in [0.3, 0.4) is 0 Å². The number of hydrogen-bond acceptors (Lipinski definition) is 5.